The minimum absolute atomic E-state index is 0.0432. The molecule has 0 radical (unpaired) electrons. The molecule has 52 heavy (non-hydrogen) atoms. The van der Waals surface area contributed by atoms with Crippen LogP contribution in [-0.4, -0.2) is 47.4 Å². The van der Waals surface area contributed by atoms with Crippen LogP contribution in [0.4, 0.5) is 0 Å². The summed E-state index contributed by atoms with van der Waals surface area (Å²) in [6.45, 7) is 4.75. The maximum absolute atomic E-state index is 12.3. The minimum atomic E-state index is -0.873. The average molecular weight is 732 g/mol. The Labute approximate surface area is 322 Å². The van der Waals surface area contributed by atoms with Crippen LogP contribution in [-0.2, 0) is 14.3 Å². The van der Waals surface area contributed by atoms with Crippen LogP contribution >= 0.6 is 0 Å². The fourth-order valence-electron chi connectivity index (χ4n) is 6.39. The van der Waals surface area contributed by atoms with Gasteiger partial charge in [-0.3, -0.25) is 9.59 Å². The van der Waals surface area contributed by atoms with Gasteiger partial charge >= 0.3 is 5.97 Å². The smallest absolute Gasteiger partial charge is 0.305 e. The number of hydrogen-bond acceptors (Lipinski definition) is 5. The molecule has 0 aromatic carbocycles. The van der Waals surface area contributed by atoms with Gasteiger partial charge in [-0.1, -0.05) is 166 Å². The van der Waals surface area contributed by atoms with Crippen molar-refractivity contribution >= 4 is 11.9 Å². The number of ether oxygens (including phenoxy) is 1. The third-order valence-corrected chi connectivity index (χ3v) is 9.88. The Bertz CT molecular complexity index is 854. The van der Waals surface area contributed by atoms with Crippen molar-refractivity contribution in [3.63, 3.8) is 0 Å². The van der Waals surface area contributed by atoms with Crippen molar-refractivity contribution in [3.05, 3.63) is 36.5 Å². The van der Waals surface area contributed by atoms with Gasteiger partial charge in [0.2, 0.25) is 5.91 Å². The van der Waals surface area contributed by atoms with Crippen LogP contribution in [0.2, 0.25) is 0 Å². The summed E-state index contributed by atoms with van der Waals surface area (Å²) < 4.78 is 5.43. The van der Waals surface area contributed by atoms with Crippen molar-refractivity contribution < 1.29 is 24.5 Å². The number of aliphatic hydroxyl groups is 2. The third-order valence-electron chi connectivity index (χ3n) is 9.88. The topological polar surface area (TPSA) is 95.9 Å². The van der Waals surface area contributed by atoms with Crippen LogP contribution in [0, 0.1) is 0 Å². The zero-order chi connectivity index (χ0) is 38.0. The van der Waals surface area contributed by atoms with Gasteiger partial charge in [0, 0.05) is 12.8 Å². The van der Waals surface area contributed by atoms with Crippen LogP contribution in [0.1, 0.15) is 219 Å². The molecular formula is C46H85NO5. The van der Waals surface area contributed by atoms with Crippen molar-refractivity contribution in [1.82, 2.24) is 5.32 Å². The second-order valence-electron chi connectivity index (χ2n) is 15.0. The maximum atomic E-state index is 12.3. The molecule has 0 aromatic heterocycles. The number of amides is 1. The summed E-state index contributed by atoms with van der Waals surface area (Å²) in [5, 5.41) is 22.8. The van der Waals surface area contributed by atoms with Crippen LogP contribution in [0.25, 0.3) is 0 Å². The molecule has 0 saturated carbocycles. The molecule has 0 rings (SSSR count). The molecule has 0 aliphatic carbocycles. The lowest BCUT2D eigenvalue weighted by molar-refractivity contribution is -0.143. The standard InChI is InChI=1S/C46H85NO5/c1-3-5-7-9-11-13-14-15-16-17-18-19-20-24-28-32-36-40-46(51)52-41-37-33-29-25-21-23-27-31-35-39-45(50)47-43(42-48)44(49)38-34-30-26-22-12-10-8-6-4-2/h15-16,23,27,34,38,43-44,48-49H,3-14,17-22,24-26,28-33,35-37,39-42H2,1-2H3,(H,47,50)/b16-15-,27-23-,38-34+. The van der Waals surface area contributed by atoms with Gasteiger partial charge in [0.1, 0.15) is 0 Å². The van der Waals surface area contributed by atoms with E-state index in [1.165, 1.54) is 122 Å². The highest BCUT2D eigenvalue weighted by atomic mass is 16.5. The van der Waals surface area contributed by atoms with Gasteiger partial charge in [-0.25, -0.2) is 0 Å². The van der Waals surface area contributed by atoms with E-state index in [1.807, 2.05) is 6.08 Å². The van der Waals surface area contributed by atoms with E-state index in [0.29, 0.717) is 19.4 Å². The Morgan fingerprint density at radius 3 is 1.40 bits per heavy atom. The second kappa shape index (κ2) is 41.8. The molecule has 0 saturated heterocycles. The first kappa shape index (κ1) is 50.1. The monoisotopic (exact) mass is 732 g/mol. The summed E-state index contributed by atoms with van der Waals surface area (Å²) in [6.07, 6.45) is 48.6. The quantitative estimate of drug-likeness (QED) is 0.0331. The van der Waals surface area contributed by atoms with Crippen molar-refractivity contribution in [1.29, 1.82) is 0 Å². The van der Waals surface area contributed by atoms with E-state index >= 15 is 0 Å². The van der Waals surface area contributed by atoms with Gasteiger partial charge in [0.05, 0.1) is 25.4 Å². The summed E-state index contributed by atoms with van der Waals surface area (Å²) in [5.41, 5.74) is 0. The average Bonchev–Trinajstić information content (AvgIpc) is 3.14. The van der Waals surface area contributed by atoms with Crippen LogP contribution in [0.5, 0.6) is 0 Å². The van der Waals surface area contributed by atoms with Crippen LogP contribution < -0.4 is 5.32 Å². The summed E-state index contributed by atoms with van der Waals surface area (Å²) in [4.78, 5) is 24.3. The zero-order valence-corrected chi connectivity index (χ0v) is 34.3. The van der Waals surface area contributed by atoms with Crippen LogP contribution in [0.15, 0.2) is 36.5 Å². The van der Waals surface area contributed by atoms with E-state index in [0.717, 1.165) is 70.6 Å². The van der Waals surface area contributed by atoms with E-state index < -0.39 is 12.1 Å². The molecule has 0 aliphatic rings. The number of rotatable bonds is 40. The van der Waals surface area contributed by atoms with Crippen molar-refractivity contribution in [2.24, 2.45) is 0 Å². The number of allylic oxidation sites excluding steroid dienone is 5. The van der Waals surface area contributed by atoms with Crippen molar-refractivity contribution in [3.8, 4) is 0 Å². The normalized spacial score (nSPS) is 13.1. The molecule has 0 bridgehead atoms. The molecule has 6 heteroatoms. The lowest BCUT2D eigenvalue weighted by Crippen LogP contribution is -2.45. The molecule has 1 amide bonds. The van der Waals surface area contributed by atoms with Crippen LogP contribution in [0.3, 0.4) is 0 Å². The number of nitrogens with one attached hydrogen (secondary N) is 1. The Balaban J connectivity index is 3.56. The van der Waals surface area contributed by atoms with Gasteiger partial charge < -0.3 is 20.3 Å². The Kier molecular flexibility index (Phi) is 40.3. The highest BCUT2D eigenvalue weighted by Crippen LogP contribution is 2.13. The first-order chi connectivity index (χ1) is 25.5. The minimum Gasteiger partial charge on any atom is -0.466 e. The molecule has 304 valence electrons. The van der Waals surface area contributed by atoms with Gasteiger partial charge in [0.25, 0.3) is 0 Å². The molecule has 0 fully saturated rings. The molecular weight excluding hydrogens is 647 g/mol. The molecule has 2 unspecified atom stereocenters. The number of carbonyl (C=O) groups is 2. The highest BCUT2D eigenvalue weighted by molar-refractivity contribution is 5.76. The zero-order valence-electron chi connectivity index (χ0n) is 34.3. The molecule has 0 aromatic rings. The molecule has 2 atom stereocenters. The number of esters is 1. The van der Waals surface area contributed by atoms with Gasteiger partial charge in [-0.05, 0) is 77.0 Å². The van der Waals surface area contributed by atoms with Gasteiger partial charge in [0.15, 0.2) is 0 Å². The fourth-order valence-corrected chi connectivity index (χ4v) is 6.39. The first-order valence-corrected chi connectivity index (χ1v) is 22.3. The van der Waals surface area contributed by atoms with E-state index in [9.17, 15) is 19.8 Å². The lowest BCUT2D eigenvalue weighted by atomic mass is 10.1. The van der Waals surface area contributed by atoms with Gasteiger partial charge in [-0.2, -0.15) is 0 Å². The highest BCUT2D eigenvalue weighted by Gasteiger charge is 2.17. The van der Waals surface area contributed by atoms with Gasteiger partial charge in [-0.15, -0.1) is 0 Å². The largest absolute Gasteiger partial charge is 0.466 e. The lowest BCUT2D eigenvalue weighted by Gasteiger charge is -2.19. The summed E-state index contributed by atoms with van der Waals surface area (Å²) in [7, 11) is 0. The predicted octanol–water partition coefficient (Wildman–Crippen LogP) is 12.6. The van der Waals surface area contributed by atoms with E-state index in [-0.39, 0.29) is 18.5 Å². The SMILES string of the molecule is CCCCCCCC/C=C\CCCCCCCCCC(=O)OCCCCCC/C=C\CCCC(=O)NC(CO)C(O)/C=C/CCCCCCCCC. The summed E-state index contributed by atoms with van der Waals surface area (Å²) >= 11 is 0. The number of carbonyl (C=O) groups excluding carboxylic acids is 2. The first-order valence-electron chi connectivity index (χ1n) is 22.3. The number of unbranched alkanes of at least 4 members (excludes halogenated alkanes) is 25. The summed E-state index contributed by atoms with van der Waals surface area (Å²) in [5.74, 6) is -0.176. The maximum Gasteiger partial charge on any atom is 0.305 e. The molecule has 3 N–H and O–H groups in total. The Morgan fingerprint density at radius 2 is 0.923 bits per heavy atom. The molecule has 0 spiro atoms. The Morgan fingerprint density at radius 1 is 0.519 bits per heavy atom. The Hall–Kier alpha value is -1.92. The second-order valence-corrected chi connectivity index (χ2v) is 15.0. The number of hydrogen-bond donors (Lipinski definition) is 3. The summed E-state index contributed by atoms with van der Waals surface area (Å²) in [6, 6.07) is -0.663. The number of aliphatic hydroxyl groups excluding tert-OH is 2. The predicted molar refractivity (Wildman–Crippen MR) is 222 cm³/mol. The van der Waals surface area contributed by atoms with Crippen molar-refractivity contribution in [2.45, 2.75) is 231 Å². The van der Waals surface area contributed by atoms with E-state index in [4.69, 9.17) is 4.74 Å². The molecule has 6 nitrogen and oxygen atoms in total. The fraction of sp³-hybridized carbons (Fsp3) is 0.826. The third kappa shape index (κ3) is 37.8. The van der Waals surface area contributed by atoms with E-state index in [2.05, 4.69) is 43.5 Å². The molecule has 0 aliphatic heterocycles. The van der Waals surface area contributed by atoms with E-state index in [1.54, 1.807) is 6.08 Å². The molecule has 0 heterocycles. The van der Waals surface area contributed by atoms with Crippen molar-refractivity contribution in [2.75, 3.05) is 13.2 Å².